The molecule has 140 valence electrons. The van der Waals surface area contributed by atoms with Crippen molar-refractivity contribution in [2.24, 2.45) is 0 Å². The first-order valence-corrected chi connectivity index (χ1v) is 8.75. The van der Waals surface area contributed by atoms with Crippen LogP contribution in [0, 0.1) is 13.8 Å². The van der Waals surface area contributed by atoms with E-state index in [1.807, 2.05) is 0 Å². The number of rotatable bonds is 3. The lowest BCUT2D eigenvalue weighted by Crippen LogP contribution is -2.29. The van der Waals surface area contributed by atoms with Crippen LogP contribution >= 0.6 is 11.6 Å². The number of hydrogen-bond acceptors (Lipinski definition) is 5. The Balaban J connectivity index is 1.63. The van der Waals surface area contributed by atoms with Crippen LogP contribution in [0.3, 0.4) is 0 Å². The summed E-state index contributed by atoms with van der Waals surface area (Å²) in [7, 11) is 0. The van der Waals surface area contributed by atoms with Crippen molar-refractivity contribution in [1.82, 2.24) is 4.98 Å². The van der Waals surface area contributed by atoms with Gasteiger partial charge in [-0.2, -0.15) is 0 Å². The molecule has 0 atom stereocenters. The number of nitrogens with zero attached hydrogens (tertiary/aromatic N) is 2. The van der Waals surface area contributed by atoms with E-state index in [4.69, 9.17) is 16.0 Å². The van der Waals surface area contributed by atoms with E-state index in [1.54, 1.807) is 38.1 Å². The lowest BCUT2D eigenvalue weighted by atomic mass is 10.0. The number of halogens is 1. The highest BCUT2D eigenvalue weighted by Crippen LogP contribution is 2.35. The Morgan fingerprint density at radius 1 is 1.14 bits per heavy atom. The highest BCUT2D eigenvalue weighted by atomic mass is 35.5. The molecule has 8 heteroatoms. The first-order chi connectivity index (χ1) is 13.4. The van der Waals surface area contributed by atoms with Crippen LogP contribution in [0.5, 0.6) is 0 Å². The molecule has 0 bridgehead atoms. The Hall–Kier alpha value is -3.45. The number of benzene rings is 2. The number of carbonyl (C=O) groups is 3. The normalized spacial score (nSPS) is 13.0. The molecule has 2 aromatic carbocycles. The number of aryl methyl sites for hydroxylation is 2. The van der Waals surface area contributed by atoms with Gasteiger partial charge in [-0.3, -0.25) is 14.4 Å². The Morgan fingerprint density at radius 2 is 1.93 bits per heavy atom. The van der Waals surface area contributed by atoms with Gasteiger partial charge in [-0.25, -0.2) is 9.88 Å². The van der Waals surface area contributed by atoms with E-state index in [2.05, 4.69) is 10.3 Å². The molecule has 2 heterocycles. The standard InChI is InChI=1S/C20H14ClN3O4/c1-10-4-3-5-13-16(10)20(27)24(19(13)26)15-7-6-12(8-14(15)21)23-18(25)17-11(2)28-9-22-17/h3-9H,1-2H3,(H,23,25). The molecule has 0 saturated carbocycles. The molecule has 1 aliphatic heterocycles. The third-order valence-electron chi connectivity index (χ3n) is 4.53. The van der Waals surface area contributed by atoms with Gasteiger partial charge < -0.3 is 9.73 Å². The van der Waals surface area contributed by atoms with E-state index in [9.17, 15) is 14.4 Å². The summed E-state index contributed by atoms with van der Waals surface area (Å²) in [5, 5.41) is 2.81. The van der Waals surface area contributed by atoms with Gasteiger partial charge >= 0.3 is 0 Å². The zero-order valence-corrected chi connectivity index (χ0v) is 15.7. The van der Waals surface area contributed by atoms with Crippen LogP contribution < -0.4 is 10.2 Å². The van der Waals surface area contributed by atoms with Gasteiger partial charge in [-0.05, 0) is 43.7 Å². The van der Waals surface area contributed by atoms with E-state index in [-0.39, 0.29) is 16.4 Å². The number of hydrogen-bond donors (Lipinski definition) is 1. The maximum Gasteiger partial charge on any atom is 0.277 e. The molecular formula is C20H14ClN3O4. The van der Waals surface area contributed by atoms with Gasteiger partial charge in [0.05, 0.1) is 21.8 Å². The number of anilines is 2. The second kappa shape index (κ2) is 6.61. The maximum absolute atomic E-state index is 12.8. The number of fused-ring (bicyclic) bond motifs is 1. The number of oxazole rings is 1. The highest BCUT2D eigenvalue weighted by Gasteiger charge is 2.38. The minimum Gasteiger partial charge on any atom is -0.448 e. The number of aromatic nitrogens is 1. The average Bonchev–Trinajstić information content (AvgIpc) is 3.18. The zero-order chi connectivity index (χ0) is 20.0. The summed E-state index contributed by atoms with van der Waals surface area (Å²) in [5.74, 6) is -0.913. The summed E-state index contributed by atoms with van der Waals surface area (Å²) in [6.07, 6.45) is 1.19. The molecule has 3 aromatic rings. The van der Waals surface area contributed by atoms with Gasteiger partial charge in [-0.15, -0.1) is 0 Å². The molecule has 1 aliphatic rings. The topological polar surface area (TPSA) is 92.5 Å². The number of amides is 3. The second-order valence-corrected chi connectivity index (χ2v) is 6.73. The Bertz CT molecular complexity index is 1150. The molecule has 1 aromatic heterocycles. The largest absolute Gasteiger partial charge is 0.448 e. The van der Waals surface area contributed by atoms with E-state index in [0.29, 0.717) is 22.6 Å². The van der Waals surface area contributed by atoms with E-state index < -0.39 is 17.7 Å². The quantitative estimate of drug-likeness (QED) is 0.676. The summed E-state index contributed by atoms with van der Waals surface area (Å²) in [4.78, 5) is 42.7. The number of nitrogens with one attached hydrogen (secondary N) is 1. The van der Waals surface area contributed by atoms with Crippen molar-refractivity contribution in [2.75, 3.05) is 10.2 Å². The Morgan fingerprint density at radius 3 is 2.57 bits per heavy atom. The monoisotopic (exact) mass is 395 g/mol. The summed E-state index contributed by atoms with van der Waals surface area (Å²) in [5.41, 5.74) is 2.26. The summed E-state index contributed by atoms with van der Waals surface area (Å²) < 4.78 is 5.02. The van der Waals surface area contributed by atoms with Crippen molar-refractivity contribution >= 4 is 40.7 Å². The predicted octanol–water partition coefficient (Wildman–Crippen LogP) is 4.00. The van der Waals surface area contributed by atoms with Crippen molar-refractivity contribution in [3.8, 4) is 0 Å². The fourth-order valence-electron chi connectivity index (χ4n) is 3.15. The molecule has 0 radical (unpaired) electrons. The van der Waals surface area contributed by atoms with Gasteiger partial charge in [0.25, 0.3) is 17.7 Å². The van der Waals surface area contributed by atoms with Crippen molar-refractivity contribution in [1.29, 1.82) is 0 Å². The summed E-state index contributed by atoms with van der Waals surface area (Å²) >= 11 is 6.33. The van der Waals surface area contributed by atoms with Crippen molar-refractivity contribution in [3.05, 3.63) is 76.0 Å². The van der Waals surface area contributed by atoms with Gasteiger partial charge in [0.2, 0.25) is 0 Å². The predicted molar refractivity (Wildman–Crippen MR) is 103 cm³/mol. The lowest BCUT2D eigenvalue weighted by Gasteiger charge is -2.16. The molecule has 28 heavy (non-hydrogen) atoms. The molecule has 0 spiro atoms. The number of carbonyl (C=O) groups excluding carboxylic acids is 3. The third-order valence-corrected chi connectivity index (χ3v) is 4.83. The van der Waals surface area contributed by atoms with E-state index in [1.165, 1.54) is 18.5 Å². The van der Waals surface area contributed by atoms with Gasteiger partial charge in [0, 0.05) is 5.69 Å². The minimum absolute atomic E-state index is 0.154. The Kier molecular flexibility index (Phi) is 4.24. The Labute approximate surface area is 164 Å². The third kappa shape index (κ3) is 2.76. The average molecular weight is 396 g/mol. The van der Waals surface area contributed by atoms with Crippen LogP contribution in [0.4, 0.5) is 11.4 Å². The van der Waals surface area contributed by atoms with Crippen molar-refractivity contribution < 1.29 is 18.8 Å². The maximum atomic E-state index is 12.8. The first kappa shape index (κ1) is 17.9. The fourth-order valence-corrected chi connectivity index (χ4v) is 3.42. The second-order valence-electron chi connectivity index (χ2n) is 6.32. The molecule has 7 nitrogen and oxygen atoms in total. The SMILES string of the molecule is Cc1cccc2c1C(=O)N(c1ccc(NC(=O)c3ncoc3C)cc1Cl)C2=O. The van der Waals surface area contributed by atoms with Gasteiger partial charge in [-0.1, -0.05) is 23.7 Å². The van der Waals surface area contributed by atoms with Crippen LogP contribution in [-0.2, 0) is 0 Å². The lowest BCUT2D eigenvalue weighted by molar-refractivity contribution is 0.0924. The molecule has 1 N–H and O–H groups in total. The molecule has 0 aliphatic carbocycles. The summed E-state index contributed by atoms with van der Waals surface area (Å²) in [6.45, 7) is 3.40. The van der Waals surface area contributed by atoms with Crippen LogP contribution in [0.1, 0.15) is 42.5 Å². The first-order valence-electron chi connectivity index (χ1n) is 8.38. The zero-order valence-electron chi connectivity index (χ0n) is 14.9. The van der Waals surface area contributed by atoms with Gasteiger partial charge in [0.15, 0.2) is 12.1 Å². The number of imide groups is 1. The van der Waals surface area contributed by atoms with E-state index >= 15 is 0 Å². The van der Waals surface area contributed by atoms with E-state index in [0.717, 1.165) is 10.5 Å². The summed E-state index contributed by atoms with van der Waals surface area (Å²) in [6, 6.07) is 9.68. The smallest absolute Gasteiger partial charge is 0.277 e. The minimum atomic E-state index is -0.452. The van der Waals surface area contributed by atoms with Crippen molar-refractivity contribution in [2.45, 2.75) is 13.8 Å². The molecule has 3 amide bonds. The van der Waals surface area contributed by atoms with Crippen LogP contribution in [0.25, 0.3) is 0 Å². The molecule has 0 unspecified atom stereocenters. The van der Waals surface area contributed by atoms with Crippen molar-refractivity contribution in [3.63, 3.8) is 0 Å². The molecule has 4 rings (SSSR count). The van der Waals surface area contributed by atoms with Crippen LogP contribution in [0.15, 0.2) is 47.2 Å². The molecule has 0 fully saturated rings. The fraction of sp³-hybridized carbons (Fsp3) is 0.100. The highest BCUT2D eigenvalue weighted by molar-refractivity contribution is 6.40. The molecule has 0 saturated heterocycles. The van der Waals surface area contributed by atoms with Crippen LogP contribution in [0.2, 0.25) is 5.02 Å². The van der Waals surface area contributed by atoms with Gasteiger partial charge in [0.1, 0.15) is 5.76 Å². The van der Waals surface area contributed by atoms with Crippen LogP contribution in [-0.4, -0.2) is 22.7 Å². The molecular weight excluding hydrogens is 382 g/mol.